The Kier molecular flexibility index (Phi) is 4.31. The number of aryl methyl sites for hydroxylation is 1. The van der Waals surface area contributed by atoms with Gasteiger partial charge in [0.05, 0.1) is 18.4 Å². The second kappa shape index (κ2) is 6.75. The van der Waals surface area contributed by atoms with E-state index in [0.717, 1.165) is 40.7 Å². The number of amides is 2. The lowest BCUT2D eigenvalue weighted by Crippen LogP contribution is -2.44. The second-order valence-corrected chi connectivity index (χ2v) is 7.32. The molecule has 130 valence electrons. The fraction of sp³-hybridized carbons (Fsp3) is 0.438. The van der Waals surface area contributed by atoms with Gasteiger partial charge in [0, 0.05) is 30.9 Å². The van der Waals surface area contributed by atoms with Gasteiger partial charge in [0.2, 0.25) is 4.96 Å². The molecule has 1 aliphatic heterocycles. The monoisotopic (exact) mass is 357 g/mol. The zero-order valence-corrected chi connectivity index (χ0v) is 14.7. The fourth-order valence-corrected chi connectivity index (χ4v) is 3.90. The first-order valence-corrected chi connectivity index (χ1v) is 9.11. The van der Waals surface area contributed by atoms with Crippen LogP contribution in [0.3, 0.4) is 0 Å². The number of imidazole rings is 1. The number of carbonyl (C=O) groups is 1. The Hall–Kier alpha value is -2.55. The smallest absolute Gasteiger partial charge is 0.317 e. The summed E-state index contributed by atoms with van der Waals surface area (Å²) >= 11 is 1.54. The van der Waals surface area contributed by atoms with Crippen molar-refractivity contribution in [3.05, 3.63) is 41.2 Å². The fourth-order valence-electron chi connectivity index (χ4n) is 3.15. The summed E-state index contributed by atoms with van der Waals surface area (Å²) in [6.07, 6.45) is 7.20. The van der Waals surface area contributed by atoms with Crippen LogP contribution in [-0.4, -0.2) is 48.6 Å². The Morgan fingerprint density at radius 2 is 2.40 bits per heavy atom. The minimum atomic E-state index is -0.0562. The number of nitrogens with zero attached hydrogens (tertiary/aromatic N) is 6. The number of carbonyl (C=O) groups excluding carboxylic acids is 1. The van der Waals surface area contributed by atoms with Crippen molar-refractivity contribution in [2.75, 3.05) is 13.1 Å². The highest BCUT2D eigenvalue weighted by Crippen LogP contribution is 2.25. The van der Waals surface area contributed by atoms with Crippen LogP contribution in [0.1, 0.15) is 35.2 Å². The molecule has 9 heteroatoms. The van der Waals surface area contributed by atoms with E-state index in [9.17, 15) is 4.79 Å². The molecule has 0 aliphatic carbocycles. The van der Waals surface area contributed by atoms with Crippen molar-refractivity contribution in [1.82, 2.24) is 34.8 Å². The van der Waals surface area contributed by atoms with Crippen LogP contribution in [0.5, 0.6) is 0 Å². The first kappa shape index (κ1) is 15.9. The van der Waals surface area contributed by atoms with Crippen LogP contribution in [0, 0.1) is 6.92 Å². The molecule has 1 unspecified atom stereocenters. The molecule has 1 saturated heterocycles. The highest BCUT2D eigenvalue weighted by Gasteiger charge is 2.25. The van der Waals surface area contributed by atoms with Gasteiger partial charge in [0.1, 0.15) is 11.3 Å². The van der Waals surface area contributed by atoms with Crippen LogP contribution in [0.25, 0.3) is 4.96 Å². The lowest BCUT2D eigenvalue weighted by molar-refractivity contribution is 0.178. The molecule has 0 spiro atoms. The van der Waals surface area contributed by atoms with Gasteiger partial charge in [-0.15, -0.1) is 0 Å². The summed E-state index contributed by atoms with van der Waals surface area (Å²) in [6, 6.07) is 1.87. The number of aromatic nitrogens is 5. The molecule has 1 aliphatic rings. The Morgan fingerprint density at radius 3 is 3.20 bits per heavy atom. The van der Waals surface area contributed by atoms with Crippen molar-refractivity contribution >= 4 is 22.3 Å². The molecule has 1 N–H and O–H groups in total. The number of piperidine rings is 1. The average Bonchev–Trinajstić information content (AvgIpc) is 3.17. The van der Waals surface area contributed by atoms with Crippen LogP contribution in [-0.2, 0) is 6.54 Å². The number of urea groups is 1. The van der Waals surface area contributed by atoms with Crippen molar-refractivity contribution < 1.29 is 4.79 Å². The minimum absolute atomic E-state index is 0.0562. The Labute approximate surface area is 148 Å². The van der Waals surface area contributed by atoms with E-state index in [0.29, 0.717) is 13.1 Å². The van der Waals surface area contributed by atoms with Crippen molar-refractivity contribution in [2.45, 2.75) is 32.2 Å². The lowest BCUT2D eigenvalue weighted by atomic mass is 9.95. The largest absolute Gasteiger partial charge is 0.332 e. The molecule has 4 rings (SSSR count). The number of fused-ring (bicyclic) bond motifs is 1. The highest BCUT2D eigenvalue weighted by atomic mass is 32.1. The first-order chi connectivity index (χ1) is 12.2. The van der Waals surface area contributed by atoms with Crippen LogP contribution in [0.2, 0.25) is 0 Å². The summed E-state index contributed by atoms with van der Waals surface area (Å²) in [5, 5.41) is 8.27. The van der Waals surface area contributed by atoms with E-state index in [-0.39, 0.29) is 11.9 Å². The molecule has 0 radical (unpaired) electrons. The van der Waals surface area contributed by atoms with E-state index in [1.165, 1.54) is 11.3 Å². The van der Waals surface area contributed by atoms with Gasteiger partial charge in [-0.1, -0.05) is 11.3 Å². The topological polar surface area (TPSA) is 88.3 Å². The molecule has 3 aromatic heterocycles. The standard InChI is InChI=1S/C16H19N7OS/c1-11-21-23-9-13(20-16(23)25-11)7-18-15(24)22-6-2-3-12(8-22)14-4-5-17-10-19-14/h4-5,9-10,12H,2-3,6-8H2,1H3,(H,18,24). The summed E-state index contributed by atoms with van der Waals surface area (Å²) in [4.78, 5) is 28.0. The number of hydrogen-bond acceptors (Lipinski definition) is 6. The summed E-state index contributed by atoms with van der Waals surface area (Å²) in [7, 11) is 0. The highest BCUT2D eigenvalue weighted by molar-refractivity contribution is 7.16. The molecule has 0 bridgehead atoms. The maximum absolute atomic E-state index is 12.5. The Morgan fingerprint density at radius 1 is 1.48 bits per heavy atom. The zero-order chi connectivity index (χ0) is 17.2. The van der Waals surface area contributed by atoms with Gasteiger partial charge in [-0.25, -0.2) is 24.3 Å². The minimum Gasteiger partial charge on any atom is -0.332 e. The molecule has 8 nitrogen and oxygen atoms in total. The van der Waals surface area contributed by atoms with E-state index in [2.05, 4.69) is 25.4 Å². The van der Waals surface area contributed by atoms with Gasteiger partial charge in [0.15, 0.2) is 0 Å². The third-order valence-electron chi connectivity index (χ3n) is 4.35. The van der Waals surface area contributed by atoms with Gasteiger partial charge in [-0.05, 0) is 25.8 Å². The number of nitrogens with one attached hydrogen (secondary N) is 1. The van der Waals surface area contributed by atoms with E-state index in [4.69, 9.17) is 0 Å². The Bertz CT molecular complexity index is 844. The zero-order valence-electron chi connectivity index (χ0n) is 13.9. The molecule has 25 heavy (non-hydrogen) atoms. The van der Waals surface area contributed by atoms with Crippen LogP contribution in [0.4, 0.5) is 4.79 Å². The van der Waals surface area contributed by atoms with Crippen LogP contribution in [0.15, 0.2) is 24.8 Å². The van der Waals surface area contributed by atoms with Crippen LogP contribution < -0.4 is 5.32 Å². The predicted molar refractivity (Wildman–Crippen MR) is 93.4 cm³/mol. The van der Waals surface area contributed by atoms with E-state index in [1.54, 1.807) is 17.0 Å². The van der Waals surface area contributed by atoms with Crippen molar-refractivity contribution in [3.8, 4) is 0 Å². The summed E-state index contributed by atoms with van der Waals surface area (Å²) in [6.45, 7) is 3.81. The van der Waals surface area contributed by atoms with Gasteiger partial charge >= 0.3 is 6.03 Å². The summed E-state index contributed by atoms with van der Waals surface area (Å²) in [5.74, 6) is 0.271. The molecule has 3 aromatic rings. The number of rotatable bonds is 3. The molecule has 1 atom stereocenters. The van der Waals surface area contributed by atoms with Crippen molar-refractivity contribution in [1.29, 1.82) is 0 Å². The second-order valence-electron chi connectivity index (χ2n) is 6.16. The van der Waals surface area contributed by atoms with Crippen molar-refractivity contribution in [2.24, 2.45) is 0 Å². The molecular weight excluding hydrogens is 338 g/mol. The van der Waals surface area contributed by atoms with Gasteiger partial charge in [-0.3, -0.25) is 0 Å². The first-order valence-electron chi connectivity index (χ1n) is 8.29. The Balaban J connectivity index is 1.36. The molecule has 4 heterocycles. The van der Waals surface area contributed by atoms with Crippen molar-refractivity contribution in [3.63, 3.8) is 0 Å². The predicted octanol–water partition coefficient (Wildman–Crippen LogP) is 1.98. The molecule has 2 amide bonds. The third-order valence-corrected chi connectivity index (χ3v) is 5.18. The molecular formula is C16H19N7OS. The third kappa shape index (κ3) is 3.46. The molecule has 0 saturated carbocycles. The van der Waals surface area contributed by atoms with E-state index in [1.807, 2.05) is 24.1 Å². The van der Waals surface area contributed by atoms with Gasteiger partial charge in [0.25, 0.3) is 0 Å². The summed E-state index contributed by atoms with van der Waals surface area (Å²) < 4.78 is 1.76. The van der Waals surface area contributed by atoms with Gasteiger partial charge < -0.3 is 10.2 Å². The van der Waals surface area contributed by atoms with Gasteiger partial charge in [-0.2, -0.15) is 5.10 Å². The quantitative estimate of drug-likeness (QED) is 0.774. The van der Waals surface area contributed by atoms with E-state index < -0.39 is 0 Å². The number of likely N-dealkylation sites (tertiary alicyclic amines) is 1. The normalized spacial score (nSPS) is 17.8. The maximum Gasteiger partial charge on any atom is 0.317 e. The van der Waals surface area contributed by atoms with Crippen LogP contribution >= 0.6 is 11.3 Å². The SMILES string of the molecule is Cc1nn2cc(CNC(=O)N3CCCC(c4ccncn4)C3)nc2s1. The molecule has 1 fully saturated rings. The maximum atomic E-state index is 12.5. The van der Waals surface area contributed by atoms with E-state index >= 15 is 0 Å². The average molecular weight is 357 g/mol. The molecule has 0 aromatic carbocycles. The number of hydrogen-bond donors (Lipinski definition) is 1. The summed E-state index contributed by atoms with van der Waals surface area (Å²) in [5.41, 5.74) is 1.82. The lowest BCUT2D eigenvalue weighted by Gasteiger charge is -2.32.